The highest BCUT2D eigenvalue weighted by Gasteiger charge is 2.73. The molecule has 7 heteroatoms. The molecule has 2 heterocycles. The smallest absolute Gasteiger partial charge is 0.254 e. The highest BCUT2D eigenvalue weighted by atomic mass is 35.5. The van der Waals surface area contributed by atoms with Crippen LogP contribution in [-0.4, -0.2) is 29.8 Å². The van der Waals surface area contributed by atoms with Crippen LogP contribution in [0.1, 0.15) is 18.4 Å². The Balaban J connectivity index is 1.31. The molecule has 3 fully saturated rings. The largest absolute Gasteiger partial charge is 0.454 e. The number of allylic oxidation sites excluding steroid dienone is 2. The Kier molecular flexibility index (Phi) is 2.66. The summed E-state index contributed by atoms with van der Waals surface area (Å²) >= 11 is 6.24. The van der Waals surface area contributed by atoms with Gasteiger partial charge in [0.15, 0.2) is 11.5 Å². The lowest BCUT2D eigenvalue weighted by Gasteiger charge is -2.18. The molecule has 2 saturated carbocycles. The number of hydrogen-bond acceptors (Lipinski definition) is 5. The predicted molar refractivity (Wildman–Crippen MR) is 91.8 cm³/mol. The van der Waals surface area contributed by atoms with Crippen LogP contribution < -0.4 is 9.47 Å². The second-order valence-electron chi connectivity index (χ2n) is 7.68. The molecule has 2 amide bonds. The molecule has 0 aromatic heterocycles. The highest BCUT2D eigenvalue weighted by molar-refractivity contribution is 6.33. The van der Waals surface area contributed by atoms with Crippen LogP contribution in [-0.2, 0) is 9.59 Å². The summed E-state index contributed by atoms with van der Waals surface area (Å²) in [5.41, 5.74) is 0.769. The molecule has 2 aliphatic heterocycles. The van der Waals surface area contributed by atoms with Crippen molar-refractivity contribution < 1.29 is 19.1 Å². The lowest BCUT2D eigenvalue weighted by molar-refractivity contribution is -0.141. The third-order valence-corrected chi connectivity index (χ3v) is 6.96. The fourth-order valence-corrected chi connectivity index (χ4v) is 5.53. The number of amides is 2. The van der Waals surface area contributed by atoms with Crippen LogP contribution in [0.15, 0.2) is 29.4 Å². The molecule has 4 atom stereocenters. The monoisotopic (exact) mass is 370 g/mol. The number of imide groups is 1. The molecular weight excluding hydrogens is 356 g/mol. The van der Waals surface area contributed by atoms with Gasteiger partial charge in [-0.3, -0.25) is 9.59 Å². The summed E-state index contributed by atoms with van der Waals surface area (Å²) in [7, 11) is 0. The van der Waals surface area contributed by atoms with Gasteiger partial charge in [-0.15, -0.1) is 0 Å². The van der Waals surface area contributed by atoms with E-state index in [2.05, 4.69) is 17.3 Å². The molecule has 1 saturated heterocycles. The first-order valence-corrected chi connectivity index (χ1v) is 9.17. The van der Waals surface area contributed by atoms with Crippen molar-refractivity contribution in [3.8, 4) is 11.5 Å². The van der Waals surface area contributed by atoms with Crippen LogP contribution in [0.2, 0.25) is 5.02 Å². The number of carbonyl (C=O) groups excluding carboxylic acids is 2. The zero-order valence-corrected chi connectivity index (χ0v) is 14.5. The molecule has 0 unspecified atom stereocenters. The average Bonchev–Trinajstić information content (AvgIpc) is 2.94. The highest BCUT2D eigenvalue weighted by Crippen LogP contribution is 2.73. The van der Waals surface area contributed by atoms with Crippen molar-refractivity contribution in [2.24, 2.45) is 34.2 Å². The van der Waals surface area contributed by atoms with Crippen LogP contribution in [0.25, 0.3) is 0 Å². The molecule has 0 radical (unpaired) electrons. The molecule has 1 spiro atoms. The normalized spacial score (nSPS) is 34.6. The van der Waals surface area contributed by atoms with Gasteiger partial charge >= 0.3 is 0 Å². The van der Waals surface area contributed by atoms with Crippen molar-refractivity contribution >= 4 is 29.6 Å². The van der Waals surface area contributed by atoms with E-state index in [1.54, 1.807) is 12.1 Å². The number of rotatable bonds is 2. The van der Waals surface area contributed by atoms with E-state index in [1.807, 2.05) is 0 Å². The van der Waals surface area contributed by atoms with Gasteiger partial charge in [0.2, 0.25) is 6.79 Å². The standard InChI is InChI=1S/C19H15ClN2O4/c20-12-6-14-13(25-8-26-14)5-9(12)7-21-22-17(23)15-10-1-2-11(16(15)18(22)24)19(10)3-4-19/h1-2,5-7,10-11,15-16H,3-4,8H2/b21-7-/t10-,11-,15-,16+/m1/s1. The van der Waals surface area contributed by atoms with E-state index < -0.39 is 0 Å². The van der Waals surface area contributed by atoms with Crippen LogP contribution in [0.4, 0.5) is 0 Å². The van der Waals surface area contributed by atoms with Crippen LogP contribution in [0.3, 0.4) is 0 Å². The second-order valence-corrected chi connectivity index (χ2v) is 8.09. The minimum Gasteiger partial charge on any atom is -0.454 e. The Morgan fingerprint density at radius 2 is 1.69 bits per heavy atom. The number of fused-ring (bicyclic) bond motifs is 4. The zero-order valence-electron chi connectivity index (χ0n) is 13.7. The van der Waals surface area contributed by atoms with E-state index in [0.29, 0.717) is 22.1 Å². The van der Waals surface area contributed by atoms with E-state index in [9.17, 15) is 9.59 Å². The lowest BCUT2D eigenvalue weighted by Crippen LogP contribution is -2.30. The molecule has 26 heavy (non-hydrogen) atoms. The summed E-state index contributed by atoms with van der Waals surface area (Å²) in [5, 5.41) is 5.66. The van der Waals surface area contributed by atoms with E-state index in [1.165, 1.54) is 6.21 Å². The lowest BCUT2D eigenvalue weighted by atomic mass is 9.85. The third-order valence-electron chi connectivity index (χ3n) is 6.63. The van der Waals surface area contributed by atoms with Gasteiger partial charge in [0.1, 0.15) is 0 Å². The Morgan fingerprint density at radius 1 is 1.08 bits per heavy atom. The molecule has 6 rings (SSSR count). The van der Waals surface area contributed by atoms with E-state index in [0.717, 1.165) is 17.9 Å². The molecule has 132 valence electrons. The molecule has 1 aromatic rings. The Labute approximate surface area is 154 Å². The molecule has 1 aromatic carbocycles. The maximum atomic E-state index is 12.9. The summed E-state index contributed by atoms with van der Waals surface area (Å²) in [5.74, 6) is 0.685. The van der Waals surface area contributed by atoms with Crippen molar-refractivity contribution in [1.29, 1.82) is 0 Å². The average molecular weight is 371 g/mol. The van der Waals surface area contributed by atoms with Crippen molar-refractivity contribution in [2.45, 2.75) is 12.8 Å². The van der Waals surface area contributed by atoms with Gasteiger partial charge in [0, 0.05) is 11.6 Å². The topological polar surface area (TPSA) is 68.2 Å². The predicted octanol–water partition coefficient (Wildman–Crippen LogP) is 2.60. The number of benzene rings is 1. The quantitative estimate of drug-likeness (QED) is 0.456. The maximum Gasteiger partial charge on any atom is 0.254 e. The van der Waals surface area contributed by atoms with Crippen molar-refractivity contribution in [3.63, 3.8) is 0 Å². The molecular formula is C19H15ClN2O4. The summed E-state index contributed by atoms with van der Waals surface area (Å²) in [6, 6.07) is 3.35. The first kappa shape index (κ1) is 14.8. The van der Waals surface area contributed by atoms with Gasteiger partial charge in [-0.1, -0.05) is 23.8 Å². The van der Waals surface area contributed by atoms with Gasteiger partial charge in [-0.05, 0) is 36.2 Å². The Morgan fingerprint density at radius 3 is 2.31 bits per heavy atom. The molecule has 6 nitrogen and oxygen atoms in total. The minimum absolute atomic E-state index is 0.149. The molecule has 2 bridgehead atoms. The maximum absolute atomic E-state index is 12.9. The fraction of sp³-hybridized carbons (Fsp3) is 0.421. The van der Waals surface area contributed by atoms with Crippen molar-refractivity contribution in [3.05, 3.63) is 34.9 Å². The van der Waals surface area contributed by atoms with Gasteiger partial charge < -0.3 is 9.47 Å². The third kappa shape index (κ3) is 1.66. The van der Waals surface area contributed by atoms with Gasteiger partial charge in [0.05, 0.1) is 23.1 Å². The molecule has 0 N–H and O–H groups in total. The molecule has 5 aliphatic rings. The zero-order chi connectivity index (χ0) is 17.6. The van der Waals surface area contributed by atoms with Crippen molar-refractivity contribution in [1.82, 2.24) is 5.01 Å². The second kappa shape index (κ2) is 4.68. The summed E-state index contributed by atoms with van der Waals surface area (Å²) < 4.78 is 10.6. The van der Waals surface area contributed by atoms with Crippen LogP contribution in [0.5, 0.6) is 11.5 Å². The number of carbonyl (C=O) groups is 2. The first-order chi connectivity index (χ1) is 12.6. The summed E-state index contributed by atoms with van der Waals surface area (Å²) in [4.78, 5) is 25.8. The van der Waals surface area contributed by atoms with Gasteiger partial charge in [0.25, 0.3) is 11.8 Å². The van der Waals surface area contributed by atoms with Gasteiger partial charge in [-0.25, -0.2) is 0 Å². The van der Waals surface area contributed by atoms with Crippen LogP contribution >= 0.6 is 11.6 Å². The Hall–Kier alpha value is -2.34. The number of nitrogens with zero attached hydrogens (tertiary/aromatic N) is 2. The van der Waals surface area contributed by atoms with Crippen LogP contribution in [0, 0.1) is 29.1 Å². The fourth-order valence-electron chi connectivity index (χ4n) is 5.33. The van der Waals surface area contributed by atoms with E-state index >= 15 is 0 Å². The number of halogens is 1. The number of hydrogen-bond donors (Lipinski definition) is 0. The van der Waals surface area contributed by atoms with Crippen molar-refractivity contribution in [2.75, 3.05) is 6.79 Å². The summed E-state index contributed by atoms with van der Waals surface area (Å²) in [6.07, 6.45) is 7.99. The number of hydrazone groups is 1. The Bertz CT molecular complexity index is 902. The summed E-state index contributed by atoms with van der Waals surface area (Å²) in [6.45, 7) is 0.149. The number of ether oxygens (including phenoxy) is 2. The molecule has 3 aliphatic carbocycles. The van der Waals surface area contributed by atoms with E-state index in [4.69, 9.17) is 21.1 Å². The van der Waals surface area contributed by atoms with Gasteiger partial charge in [-0.2, -0.15) is 10.1 Å². The van der Waals surface area contributed by atoms with E-state index in [-0.39, 0.29) is 47.7 Å². The minimum atomic E-state index is -0.246. The SMILES string of the molecule is O=C1[C@@H]2[C@H](C(=O)N1/N=C\c1cc3c(cc1Cl)OCO3)[C@H]1C=C[C@H]2C12CC2. The first-order valence-electron chi connectivity index (χ1n) is 8.79.